The summed E-state index contributed by atoms with van der Waals surface area (Å²) in [6.45, 7) is 4.71. The van der Waals surface area contributed by atoms with Crippen molar-refractivity contribution in [3.63, 3.8) is 0 Å². The number of hydrogen-bond donors (Lipinski definition) is 2. The maximum absolute atomic E-state index is 11.5. The van der Waals surface area contributed by atoms with Crippen LogP contribution in [0.4, 0.5) is 0 Å². The van der Waals surface area contributed by atoms with E-state index in [-0.39, 0.29) is 12.5 Å². The van der Waals surface area contributed by atoms with Gasteiger partial charge in [0.1, 0.15) is 0 Å². The predicted octanol–water partition coefficient (Wildman–Crippen LogP) is 1.13. The Morgan fingerprint density at radius 2 is 2.44 bits per heavy atom. The molecule has 16 heavy (non-hydrogen) atoms. The van der Waals surface area contributed by atoms with Crippen molar-refractivity contribution in [2.45, 2.75) is 26.7 Å². The first kappa shape index (κ1) is 13.1. The minimum Gasteiger partial charge on any atom is -0.396 e. The molecule has 1 rings (SSSR count). The highest BCUT2D eigenvalue weighted by Gasteiger charge is 2.07. The quantitative estimate of drug-likeness (QED) is 0.786. The molecule has 0 aliphatic rings. The Hall–Kier alpha value is -0.940. The van der Waals surface area contributed by atoms with Gasteiger partial charge in [-0.15, -0.1) is 11.3 Å². The average molecular weight is 242 g/mol. The smallest absolute Gasteiger partial charge is 0.226 e. The molecule has 4 nitrogen and oxygen atoms in total. The minimum absolute atomic E-state index is 0.00455. The zero-order chi connectivity index (χ0) is 12.0. The molecule has 1 atom stereocenters. The van der Waals surface area contributed by atoms with Gasteiger partial charge in [0.25, 0.3) is 0 Å². The number of nitrogens with zero attached hydrogens (tertiary/aromatic N) is 1. The summed E-state index contributed by atoms with van der Waals surface area (Å²) < 4.78 is 0. The molecule has 1 aromatic heterocycles. The number of amides is 1. The van der Waals surface area contributed by atoms with Crippen LogP contribution in [0.1, 0.15) is 24.0 Å². The fourth-order valence-electron chi connectivity index (χ4n) is 1.33. The van der Waals surface area contributed by atoms with Crippen LogP contribution >= 0.6 is 11.3 Å². The lowest BCUT2D eigenvalue weighted by atomic mass is 10.1. The molecule has 0 saturated carbocycles. The van der Waals surface area contributed by atoms with Crippen molar-refractivity contribution in [1.29, 1.82) is 0 Å². The lowest BCUT2D eigenvalue weighted by molar-refractivity contribution is -0.120. The van der Waals surface area contributed by atoms with E-state index in [1.807, 2.05) is 19.2 Å². The number of aromatic nitrogens is 1. The highest BCUT2D eigenvalue weighted by atomic mass is 32.1. The Kier molecular flexibility index (Phi) is 5.42. The van der Waals surface area contributed by atoms with E-state index in [1.165, 1.54) is 0 Å². The number of aliphatic hydroxyl groups excluding tert-OH is 1. The van der Waals surface area contributed by atoms with Gasteiger partial charge in [-0.05, 0) is 19.3 Å². The molecule has 0 saturated heterocycles. The van der Waals surface area contributed by atoms with Gasteiger partial charge in [-0.3, -0.25) is 4.79 Å². The third kappa shape index (κ3) is 4.72. The topological polar surface area (TPSA) is 62.2 Å². The van der Waals surface area contributed by atoms with Crippen LogP contribution in [0.15, 0.2) is 5.38 Å². The second-order valence-corrected chi connectivity index (χ2v) is 5.02. The average Bonchev–Trinajstić information content (AvgIpc) is 2.61. The zero-order valence-electron chi connectivity index (χ0n) is 9.69. The molecule has 0 fully saturated rings. The van der Waals surface area contributed by atoms with Gasteiger partial charge in [0.05, 0.1) is 17.1 Å². The maximum Gasteiger partial charge on any atom is 0.226 e. The van der Waals surface area contributed by atoms with Crippen molar-refractivity contribution < 1.29 is 9.90 Å². The van der Waals surface area contributed by atoms with E-state index >= 15 is 0 Å². The van der Waals surface area contributed by atoms with E-state index in [1.54, 1.807) is 11.3 Å². The third-order valence-corrected chi connectivity index (χ3v) is 3.10. The molecule has 0 aromatic carbocycles. The van der Waals surface area contributed by atoms with Crippen molar-refractivity contribution in [2.24, 2.45) is 5.92 Å². The molecule has 0 aliphatic carbocycles. The molecule has 1 heterocycles. The molecule has 0 spiro atoms. The van der Waals surface area contributed by atoms with Gasteiger partial charge in [0.15, 0.2) is 0 Å². The van der Waals surface area contributed by atoms with Crippen molar-refractivity contribution in [1.82, 2.24) is 10.3 Å². The highest BCUT2D eigenvalue weighted by molar-refractivity contribution is 7.09. The molecule has 1 unspecified atom stereocenters. The number of carbonyl (C=O) groups excluding carboxylic acids is 1. The van der Waals surface area contributed by atoms with Gasteiger partial charge in [0, 0.05) is 18.5 Å². The highest BCUT2D eigenvalue weighted by Crippen LogP contribution is 2.08. The Bertz CT molecular complexity index is 338. The monoisotopic (exact) mass is 242 g/mol. The fourth-order valence-corrected chi connectivity index (χ4v) is 1.94. The number of rotatable bonds is 6. The minimum atomic E-state index is -0.00455. The van der Waals surface area contributed by atoms with Crippen LogP contribution in [-0.2, 0) is 11.2 Å². The van der Waals surface area contributed by atoms with E-state index in [9.17, 15) is 4.79 Å². The molecule has 0 bridgehead atoms. The van der Waals surface area contributed by atoms with Gasteiger partial charge in [-0.1, -0.05) is 6.92 Å². The Morgan fingerprint density at radius 3 is 3.00 bits per heavy atom. The van der Waals surface area contributed by atoms with E-state index in [0.29, 0.717) is 18.9 Å². The first-order valence-corrected chi connectivity index (χ1v) is 6.28. The first-order chi connectivity index (χ1) is 7.61. The number of aryl methyl sites for hydroxylation is 1. The molecule has 5 heteroatoms. The number of thiazole rings is 1. The standard InChI is InChI=1S/C11H18N2O2S/c1-8(3-4-14)6-12-11(15)5-10-7-16-9(2)13-10/h7-8,14H,3-6H2,1-2H3,(H,12,15). The number of carbonyl (C=O) groups is 1. The molecule has 90 valence electrons. The molecule has 0 aliphatic heterocycles. The van der Waals surface area contributed by atoms with Crippen LogP contribution in [0.3, 0.4) is 0 Å². The molecule has 1 amide bonds. The van der Waals surface area contributed by atoms with Crippen LogP contribution in [0.2, 0.25) is 0 Å². The van der Waals surface area contributed by atoms with E-state index in [2.05, 4.69) is 10.3 Å². The Labute approximate surface area is 99.7 Å². The van der Waals surface area contributed by atoms with Crippen molar-refractivity contribution >= 4 is 17.2 Å². The third-order valence-electron chi connectivity index (χ3n) is 2.28. The van der Waals surface area contributed by atoms with Gasteiger partial charge < -0.3 is 10.4 Å². The summed E-state index contributed by atoms with van der Waals surface area (Å²) in [4.78, 5) is 15.8. The van der Waals surface area contributed by atoms with Gasteiger partial charge >= 0.3 is 0 Å². The molecule has 0 radical (unpaired) electrons. The number of nitrogens with one attached hydrogen (secondary N) is 1. The van der Waals surface area contributed by atoms with Gasteiger partial charge in [-0.25, -0.2) is 4.98 Å². The predicted molar refractivity (Wildman–Crippen MR) is 64.4 cm³/mol. The van der Waals surface area contributed by atoms with Gasteiger partial charge in [-0.2, -0.15) is 0 Å². The fraction of sp³-hybridized carbons (Fsp3) is 0.636. The van der Waals surface area contributed by atoms with Crippen LogP contribution in [0.25, 0.3) is 0 Å². The van der Waals surface area contributed by atoms with E-state index in [0.717, 1.165) is 17.1 Å². The van der Waals surface area contributed by atoms with Crippen LogP contribution in [-0.4, -0.2) is 29.1 Å². The van der Waals surface area contributed by atoms with E-state index in [4.69, 9.17) is 5.11 Å². The summed E-state index contributed by atoms with van der Waals surface area (Å²) >= 11 is 1.55. The summed E-state index contributed by atoms with van der Waals surface area (Å²) in [7, 11) is 0. The molecular weight excluding hydrogens is 224 g/mol. The van der Waals surface area contributed by atoms with Crippen molar-refractivity contribution in [3.05, 3.63) is 16.1 Å². The normalized spacial score (nSPS) is 12.4. The number of aliphatic hydroxyl groups is 1. The van der Waals surface area contributed by atoms with Crippen molar-refractivity contribution in [2.75, 3.05) is 13.2 Å². The van der Waals surface area contributed by atoms with Crippen LogP contribution in [0, 0.1) is 12.8 Å². The summed E-state index contributed by atoms with van der Waals surface area (Å²) in [5.41, 5.74) is 0.829. The Balaban J connectivity index is 2.26. The summed E-state index contributed by atoms with van der Waals surface area (Å²) in [5.74, 6) is 0.307. The molecule has 1 aromatic rings. The molecule has 2 N–H and O–H groups in total. The first-order valence-electron chi connectivity index (χ1n) is 5.40. The summed E-state index contributed by atoms with van der Waals surface area (Å²) in [6.07, 6.45) is 1.06. The van der Waals surface area contributed by atoms with Gasteiger partial charge in [0.2, 0.25) is 5.91 Å². The van der Waals surface area contributed by atoms with Crippen molar-refractivity contribution in [3.8, 4) is 0 Å². The SMILES string of the molecule is Cc1nc(CC(=O)NCC(C)CCO)cs1. The maximum atomic E-state index is 11.5. The second-order valence-electron chi connectivity index (χ2n) is 3.96. The summed E-state index contributed by atoms with van der Waals surface area (Å²) in [6, 6.07) is 0. The summed E-state index contributed by atoms with van der Waals surface area (Å²) in [5, 5.41) is 14.4. The van der Waals surface area contributed by atoms with Crippen LogP contribution < -0.4 is 5.32 Å². The van der Waals surface area contributed by atoms with E-state index < -0.39 is 0 Å². The molecular formula is C11H18N2O2S. The van der Waals surface area contributed by atoms with Crippen LogP contribution in [0.5, 0.6) is 0 Å². The second kappa shape index (κ2) is 6.60. The zero-order valence-corrected chi connectivity index (χ0v) is 10.5. The Morgan fingerprint density at radius 1 is 1.69 bits per heavy atom. The lowest BCUT2D eigenvalue weighted by Crippen LogP contribution is -2.30. The lowest BCUT2D eigenvalue weighted by Gasteiger charge is -2.10. The largest absolute Gasteiger partial charge is 0.396 e. The number of hydrogen-bond acceptors (Lipinski definition) is 4.